The molecule has 5 rings (SSSR count). The van der Waals surface area contributed by atoms with Crippen LogP contribution in [0.15, 0.2) is 59.8 Å². The molecule has 0 N–H and O–H groups in total. The van der Waals surface area contributed by atoms with Crippen LogP contribution in [0.25, 0.3) is 22.4 Å². The van der Waals surface area contributed by atoms with Crippen molar-refractivity contribution < 1.29 is 17.5 Å². The number of rotatable bonds is 6. The van der Waals surface area contributed by atoms with Crippen LogP contribution in [-0.4, -0.2) is 72.8 Å². The molecule has 1 saturated heterocycles. The van der Waals surface area contributed by atoms with Gasteiger partial charge < -0.3 is 9.64 Å². The van der Waals surface area contributed by atoms with E-state index >= 15 is 0 Å². The molecule has 1 aliphatic heterocycles. The van der Waals surface area contributed by atoms with Gasteiger partial charge in [-0.1, -0.05) is 12.1 Å². The molecule has 4 aromatic rings. The Bertz CT molecular complexity index is 1520. The molecule has 1 fully saturated rings. The van der Waals surface area contributed by atoms with Gasteiger partial charge in [0.2, 0.25) is 5.88 Å². The number of hydrogen-bond acceptors (Lipinski definition) is 9. The van der Waals surface area contributed by atoms with Crippen molar-refractivity contribution >= 4 is 26.7 Å². The molecule has 3 aromatic heterocycles. The van der Waals surface area contributed by atoms with Crippen LogP contribution < -0.4 is 9.64 Å². The van der Waals surface area contributed by atoms with Crippen LogP contribution in [0.2, 0.25) is 0 Å². The van der Waals surface area contributed by atoms with Gasteiger partial charge in [-0.25, -0.2) is 27.8 Å². The molecule has 36 heavy (non-hydrogen) atoms. The van der Waals surface area contributed by atoms with E-state index in [1.54, 1.807) is 31.6 Å². The molecule has 4 heterocycles. The number of ether oxygens (including phenoxy) is 1. The van der Waals surface area contributed by atoms with Gasteiger partial charge in [0.15, 0.2) is 15.7 Å². The Morgan fingerprint density at radius 3 is 2.53 bits per heavy atom. The molecule has 0 unspecified atom stereocenters. The topological polar surface area (TPSA) is 101 Å². The summed E-state index contributed by atoms with van der Waals surface area (Å²) in [4.78, 5) is 22.7. The molecule has 11 heteroatoms. The third-order valence-electron chi connectivity index (χ3n) is 6.14. The van der Waals surface area contributed by atoms with Gasteiger partial charge in [0.1, 0.15) is 17.0 Å². The van der Waals surface area contributed by atoms with Crippen LogP contribution in [0.1, 0.15) is 5.56 Å². The Hall–Kier alpha value is -3.70. The second-order valence-corrected chi connectivity index (χ2v) is 10.6. The fourth-order valence-electron chi connectivity index (χ4n) is 4.20. The third kappa shape index (κ3) is 4.98. The zero-order chi connectivity index (χ0) is 25.3. The summed E-state index contributed by atoms with van der Waals surface area (Å²) in [5.41, 5.74) is 3.17. The van der Waals surface area contributed by atoms with Crippen molar-refractivity contribution in [3.8, 4) is 17.3 Å². The summed E-state index contributed by atoms with van der Waals surface area (Å²) in [6.07, 6.45) is 4.44. The lowest BCUT2D eigenvalue weighted by Crippen LogP contribution is -2.46. The Morgan fingerprint density at radius 1 is 1.00 bits per heavy atom. The summed E-state index contributed by atoms with van der Waals surface area (Å²) in [5.74, 6) is 0.693. The number of aromatic nitrogens is 4. The zero-order valence-corrected chi connectivity index (χ0v) is 20.7. The normalized spacial score (nSPS) is 14.8. The highest BCUT2D eigenvalue weighted by atomic mass is 32.2. The lowest BCUT2D eigenvalue weighted by molar-refractivity contribution is 0.246. The second kappa shape index (κ2) is 9.75. The van der Waals surface area contributed by atoms with E-state index in [4.69, 9.17) is 14.7 Å². The minimum atomic E-state index is -3.45. The van der Waals surface area contributed by atoms with Gasteiger partial charge >= 0.3 is 0 Å². The van der Waals surface area contributed by atoms with Crippen molar-refractivity contribution in [3.63, 3.8) is 0 Å². The van der Waals surface area contributed by atoms with E-state index in [2.05, 4.69) is 19.8 Å². The quantitative estimate of drug-likeness (QED) is 0.389. The molecule has 0 amide bonds. The molecule has 0 atom stereocenters. The molecule has 1 aliphatic rings. The van der Waals surface area contributed by atoms with E-state index < -0.39 is 15.7 Å². The van der Waals surface area contributed by atoms with Crippen LogP contribution >= 0.6 is 0 Å². The largest absolute Gasteiger partial charge is 0.481 e. The van der Waals surface area contributed by atoms with Gasteiger partial charge in [-0.05, 0) is 24.3 Å². The first kappa shape index (κ1) is 24.0. The number of methoxy groups -OCH3 is 1. The molecule has 186 valence electrons. The number of pyridine rings is 2. The number of benzene rings is 1. The first-order valence-electron chi connectivity index (χ1n) is 11.4. The Kier molecular flexibility index (Phi) is 6.50. The maximum Gasteiger partial charge on any atom is 0.213 e. The average Bonchev–Trinajstić information content (AvgIpc) is 2.89. The summed E-state index contributed by atoms with van der Waals surface area (Å²) in [5, 5.41) is 0. The Balaban J connectivity index is 1.38. The van der Waals surface area contributed by atoms with Gasteiger partial charge in [-0.3, -0.25) is 9.88 Å². The highest BCUT2D eigenvalue weighted by Gasteiger charge is 2.24. The van der Waals surface area contributed by atoms with E-state index in [0.717, 1.165) is 23.7 Å². The SMILES string of the molecule is COc1cccc(-c2nc3cnccc3nc2N2CCN(Cc3ccc(S(C)(=O)=O)cc3F)CC2)n1. The van der Waals surface area contributed by atoms with Gasteiger partial charge in [0.25, 0.3) is 0 Å². The van der Waals surface area contributed by atoms with Gasteiger partial charge in [0.05, 0.1) is 29.4 Å². The number of anilines is 1. The molecule has 0 saturated carbocycles. The van der Waals surface area contributed by atoms with E-state index in [-0.39, 0.29) is 4.90 Å². The van der Waals surface area contributed by atoms with Crippen molar-refractivity contribution in [1.82, 2.24) is 24.8 Å². The lowest BCUT2D eigenvalue weighted by atomic mass is 10.1. The molecule has 0 spiro atoms. The zero-order valence-electron chi connectivity index (χ0n) is 19.9. The van der Waals surface area contributed by atoms with Crippen molar-refractivity contribution in [2.45, 2.75) is 11.4 Å². The number of nitrogens with zero attached hydrogens (tertiary/aromatic N) is 6. The molecule has 1 aromatic carbocycles. The fourth-order valence-corrected chi connectivity index (χ4v) is 4.83. The highest BCUT2D eigenvalue weighted by Crippen LogP contribution is 2.30. The summed E-state index contributed by atoms with van der Waals surface area (Å²) in [6, 6.07) is 11.4. The Morgan fingerprint density at radius 2 is 1.81 bits per heavy atom. The van der Waals surface area contributed by atoms with Gasteiger partial charge in [-0.2, -0.15) is 0 Å². The van der Waals surface area contributed by atoms with Gasteiger partial charge in [-0.15, -0.1) is 0 Å². The standard InChI is InChI=1S/C25H25FN6O3S/c1-35-23-5-3-4-21(28-23)24-25(30-20-8-9-27-15-22(20)29-24)32-12-10-31(11-13-32)16-17-6-7-18(14-19(17)26)36(2,33)34/h3-9,14-15H,10-13,16H2,1-2H3. The first-order valence-corrected chi connectivity index (χ1v) is 13.3. The molecular weight excluding hydrogens is 483 g/mol. The maximum atomic E-state index is 14.6. The summed E-state index contributed by atoms with van der Waals surface area (Å²) in [7, 11) is -1.88. The monoisotopic (exact) mass is 508 g/mol. The third-order valence-corrected chi connectivity index (χ3v) is 7.25. The number of piperazine rings is 1. The van der Waals surface area contributed by atoms with E-state index in [0.29, 0.717) is 61.1 Å². The number of sulfone groups is 1. The molecule has 0 aliphatic carbocycles. The van der Waals surface area contributed by atoms with E-state index in [1.807, 2.05) is 18.2 Å². The van der Waals surface area contributed by atoms with Crippen LogP contribution in [0.4, 0.5) is 10.2 Å². The predicted molar refractivity (Wildman–Crippen MR) is 134 cm³/mol. The predicted octanol–water partition coefficient (Wildman–Crippen LogP) is 2.96. The van der Waals surface area contributed by atoms with Crippen molar-refractivity contribution in [2.75, 3.05) is 44.4 Å². The summed E-state index contributed by atoms with van der Waals surface area (Å²) >= 11 is 0. The first-order chi connectivity index (χ1) is 17.3. The van der Waals surface area contributed by atoms with Crippen LogP contribution in [0, 0.1) is 5.82 Å². The number of halogens is 1. The second-order valence-electron chi connectivity index (χ2n) is 8.61. The fraction of sp³-hybridized carbons (Fsp3) is 0.280. The van der Waals surface area contributed by atoms with Crippen molar-refractivity contribution in [3.05, 3.63) is 66.2 Å². The van der Waals surface area contributed by atoms with Crippen LogP contribution in [-0.2, 0) is 16.4 Å². The summed E-state index contributed by atoms with van der Waals surface area (Å²) in [6.45, 7) is 3.06. The minimum absolute atomic E-state index is 0.0164. The van der Waals surface area contributed by atoms with Crippen molar-refractivity contribution in [2.24, 2.45) is 0 Å². The van der Waals surface area contributed by atoms with Crippen LogP contribution in [0.3, 0.4) is 0 Å². The molecule has 0 radical (unpaired) electrons. The van der Waals surface area contributed by atoms with Crippen LogP contribution in [0.5, 0.6) is 5.88 Å². The average molecular weight is 509 g/mol. The van der Waals surface area contributed by atoms with E-state index in [1.165, 1.54) is 6.07 Å². The lowest BCUT2D eigenvalue weighted by Gasteiger charge is -2.36. The molecule has 9 nitrogen and oxygen atoms in total. The molecule has 0 bridgehead atoms. The van der Waals surface area contributed by atoms with Gasteiger partial charge in [0, 0.05) is 56.8 Å². The van der Waals surface area contributed by atoms with Crippen molar-refractivity contribution in [1.29, 1.82) is 0 Å². The minimum Gasteiger partial charge on any atom is -0.481 e. The molecular formula is C25H25FN6O3S. The number of fused-ring (bicyclic) bond motifs is 1. The highest BCUT2D eigenvalue weighted by molar-refractivity contribution is 7.90. The summed E-state index contributed by atoms with van der Waals surface area (Å²) < 4.78 is 43.3. The Labute approximate surface area is 208 Å². The van der Waals surface area contributed by atoms with E-state index in [9.17, 15) is 12.8 Å². The maximum absolute atomic E-state index is 14.6. The smallest absolute Gasteiger partial charge is 0.213 e. The number of hydrogen-bond donors (Lipinski definition) is 0.